The van der Waals surface area contributed by atoms with Crippen LogP contribution in [0.15, 0.2) is 57.0 Å². The zero-order valence-corrected chi connectivity index (χ0v) is 11.5. The Morgan fingerprint density at radius 1 is 1.32 bits per heavy atom. The number of halogens is 1. The summed E-state index contributed by atoms with van der Waals surface area (Å²) in [4.78, 5) is 11.2. The highest BCUT2D eigenvalue weighted by atomic mass is 79.9. The molecule has 6 heteroatoms. The Morgan fingerprint density at radius 3 is 2.89 bits per heavy atom. The number of rotatable bonds is 4. The monoisotopic (exact) mass is 318 g/mol. The normalized spacial score (nSPS) is 11.2. The second kappa shape index (κ2) is 6.65. The van der Waals surface area contributed by atoms with E-state index in [1.165, 1.54) is 6.20 Å². The van der Waals surface area contributed by atoms with Crippen molar-refractivity contribution in [1.29, 1.82) is 0 Å². The number of nitrogens with zero attached hydrogens (tertiary/aromatic N) is 2. The summed E-state index contributed by atoms with van der Waals surface area (Å²) in [6.07, 6.45) is 6.80. The third-order valence-electron chi connectivity index (χ3n) is 2.23. The van der Waals surface area contributed by atoms with Crippen molar-refractivity contribution in [3.63, 3.8) is 0 Å². The van der Waals surface area contributed by atoms with Crippen LogP contribution in [0.2, 0.25) is 0 Å². The van der Waals surface area contributed by atoms with Gasteiger partial charge in [0.25, 0.3) is 5.56 Å². The molecule has 0 fully saturated rings. The molecule has 2 rings (SSSR count). The predicted octanol–water partition coefficient (Wildman–Crippen LogP) is 2.64. The van der Waals surface area contributed by atoms with Crippen molar-refractivity contribution in [2.45, 2.75) is 0 Å². The van der Waals surface area contributed by atoms with Crippen molar-refractivity contribution >= 4 is 33.9 Å². The molecule has 1 heterocycles. The predicted molar refractivity (Wildman–Crippen MR) is 80.1 cm³/mol. The Labute approximate surface area is 118 Å². The molecule has 0 aliphatic heterocycles. The molecule has 0 amide bonds. The van der Waals surface area contributed by atoms with E-state index in [9.17, 15) is 4.79 Å². The highest BCUT2D eigenvalue weighted by Crippen LogP contribution is 2.14. The van der Waals surface area contributed by atoms with Crippen LogP contribution in [0, 0.1) is 0 Å². The van der Waals surface area contributed by atoms with Gasteiger partial charge in [-0.1, -0.05) is 36.4 Å². The maximum Gasteiger partial charge on any atom is 0.280 e. The van der Waals surface area contributed by atoms with Crippen LogP contribution in [0.4, 0.5) is 5.69 Å². The molecule has 5 nitrogen and oxygen atoms in total. The van der Waals surface area contributed by atoms with E-state index >= 15 is 0 Å². The van der Waals surface area contributed by atoms with E-state index in [1.54, 1.807) is 12.3 Å². The van der Waals surface area contributed by atoms with Gasteiger partial charge in [-0.25, -0.2) is 5.10 Å². The van der Waals surface area contributed by atoms with Crippen LogP contribution in [0.3, 0.4) is 0 Å². The molecule has 19 heavy (non-hydrogen) atoms. The smallest absolute Gasteiger partial charge is 0.276 e. The third-order valence-corrected chi connectivity index (χ3v) is 3.02. The summed E-state index contributed by atoms with van der Waals surface area (Å²) < 4.78 is 0.367. The van der Waals surface area contributed by atoms with Gasteiger partial charge in [0.2, 0.25) is 0 Å². The topological polar surface area (TPSA) is 70.1 Å². The first kappa shape index (κ1) is 13.2. The van der Waals surface area contributed by atoms with Crippen LogP contribution < -0.4 is 11.0 Å². The molecule has 0 radical (unpaired) electrons. The summed E-state index contributed by atoms with van der Waals surface area (Å²) in [5.41, 5.74) is 4.02. The lowest BCUT2D eigenvalue weighted by molar-refractivity contribution is 0.977. The summed E-state index contributed by atoms with van der Waals surface area (Å²) >= 11 is 3.15. The van der Waals surface area contributed by atoms with Gasteiger partial charge in [-0.3, -0.25) is 10.2 Å². The molecule has 0 saturated carbocycles. The molecule has 0 aliphatic rings. The van der Waals surface area contributed by atoms with Gasteiger partial charge in [0.1, 0.15) is 4.47 Å². The lowest BCUT2D eigenvalue weighted by Gasteiger charge is -1.99. The highest BCUT2D eigenvalue weighted by molar-refractivity contribution is 9.10. The van der Waals surface area contributed by atoms with E-state index in [-0.39, 0.29) is 5.56 Å². The average molecular weight is 319 g/mol. The van der Waals surface area contributed by atoms with Crippen molar-refractivity contribution in [2.75, 3.05) is 5.43 Å². The van der Waals surface area contributed by atoms with E-state index in [0.717, 1.165) is 5.56 Å². The van der Waals surface area contributed by atoms with Crippen LogP contribution in [0.5, 0.6) is 0 Å². The maximum atomic E-state index is 11.2. The van der Waals surface area contributed by atoms with E-state index in [2.05, 4.69) is 36.7 Å². The van der Waals surface area contributed by atoms with Gasteiger partial charge < -0.3 is 0 Å². The number of aromatic nitrogens is 2. The number of nitrogens with one attached hydrogen (secondary N) is 2. The van der Waals surface area contributed by atoms with E-state index in [4.69, 9.17) is 0 Å². The Morgan fingerprint density at radius 2 is 2.11 bits per heavy atom. The first-order valence-corrected chi connectivity index (χ1v) is 6.30. The second-order valence-electron chi connectivity index (χ2n) is 3.59. The molecule has 1 aromatic heterocycles. The molecule has 1 aromatic carbocycles. The summed E-state index contributed by atoms with van der Waals surface area (Å²) in [5, 5.41) is 9.95. The lowest BCUT2D eigenvalue weighted by Crippen LogP contribution is -2.10. The SMILES string of the molecule is O=c1[nH]ncc(NN=CC=Cc2ccccc2)c1Br. The van der Waals surface area contributed by atoms with Gasteiger partial charge in [0, 0.05) is 6.21 Å². The largest absolute Gasteiger partial charge is 0.280 e. The zero-order chi connectivity index (χ0) is 13.5. The number of allylic oxidation sites excluding steroid dienone is 1. The fourth-order valence-corrected chi connectivity index (χ4v) is 1.61. The molecule has 0 unspecified atom stereocenters. The van der Waals surface area contributed by atoms with Crippen molar-refractivity contribution < 1.29 is 0 Å². The Kier molecular flexibility index (Phi) is 4.63. The number of hydrazone groups is 1. The number of H-pyrrole nitrogens is 1. The van der Waals surface area contributed by atoms with Crippen molar-refractivity contribution in [3.8, 4) is 0 Å². The van der Waals surface area contributed by atoms with Gasteiger partial charge in [-0.2, -0.15) is 10.2 Å². The second-order valence-corrected chi connectivity index (χ2v) is 4.38. The number of hydrogen-bond donors (Lipinski definition) is 2. The molecular weight excluding hydrogens is 308 g/mol. The molecule has 0 aliphatic carbocycles. The molecule has 0 atom stereocenters. The number of aromatic amines is 1. The maximum absolute atomic E-state index is 11.2. The molecule has 0 spiro atoms. The van der Waals surface area contributed by atoms with Gasteiger partial charge >= 0.3 is 0 Å². The Bertz CT molecular complexity index is 649. The minimum atomic E-state index is -0.306. The highest BCUT2D eigenvalue weighted by Gasteiger charge is 2.01. The first-order valence-electron chi connectivity index (χ1n) is 5.51. The quantitative estimate of drug-likeness (QED) is 0.672. The van der Waals surface area contributed by atoms with Crippen molar-refractivity contribution in [3.05, 3.63) is 63.0 Å². The zero-order valence-electron chi connectivity index (χ0n) is 9.88. The summed E-state index contributed by atoms with van der Waals surface area (Å²) in [6, 6.07) is 9.89. The Hall–Kier alpha value is -2.21. The van der Waals surface area contributed by atoms with Crippen LogP contribution in [0.1, 0.15) is 5.56 Å². The van der Waals surface area contributed by atoms with E-state index < -0.39 is 0 Å². The van der Waals surface area contributed by atoms with Crippen LogP contribution in [-0.2, 0) is 0 Å². The van der Waals surface area contributed by atoms with Gasteiger partial charge in [-0.05, 0) is 27.6 Å². The first-order chi connectivity index (χ1) is 9.27. The molecular formula is C13H11BrN4O. The minimum Gasteiger partial charge on any atom is -0.276 e. The van der Waals surface area contributed by atoms with Crippen LogP contribution in [-0.4, -0.2) is 16.4 Å². The van der Waals surface area contributed by atoms with Crippen LogP contribution >= 0.6 is 15.9 Å². The number of hydrogen-bond acceptors (Lipinski definition) is 4. The fourth-order valence-electron chi connectivity index (χ4n) is 1.33. The minimum absolute atomic E-state index is 0.306. The van der Waals surface area contributed by atoms with Gasteiger partial charge in [0.15, 0.2) is 0 Å². The number of benzene rings is 1. The van der Waals surface area contributed by atoms with E-state index in [1.807, 2.05) is 36.4 Å². The van der Waals surface area contributed by atoms with E-state index in [0.29, 0.717) is 10.2 Å². The molecule has 0 bridgehead atoms. The Balaban J connectivity index is 1.96. The molecule has 0 saturated heterocycles. The van der Waals surface area contributed by atoms with Crippen molar-refractivity contribution in [1.82, 2.24) is 10.2 Å². The molecule has 2 aromatic rings. The van der Waals surface area contributed by atoms with Gasteiger partial charge in [0.05, 0.1) is 11.9 Å². The number of anilines is 1. The van der Waals surface area contributed by atoms with Crippen molar-refractivity contribution in [2.24, 2.45) is 5.10 Å². The average Bonchev–Trinajstić information content (AvgIpc) is 2.44. The van der Waals surface area contributed by atoms with Gasteiger partial charge in [-0.15, -0.1) is 0 Å². The summed E-state index contributed by atoms with van der Waals surface area (Å²) in [6.45, 7) is 0. The summed E-state index contributed by atoms with van der Waals surface area (Å²) in [7, 11) is 0. The standard InChI is InChI=1S/C13H11BrN4O/c14-12-11(9-16-18-13(12)19)17-15-8-4-7-10-5-2-1-3-6-10/h1-9H,(H2,17,18,19). The molecule has 96 valence electrons. The third kappa shape index (κ3) is 3.89. The summed E-state index contributed by atoms with van der Waals surface area (Å²) in [5.74, 6) is 0. The van der Waals surface area contributed by atoms with Crippen LogP contribution in [0.25, 0.3) is 6.08 Å². The molecule has 2 N–H and O–H groups in total. The lowest BCUT2D eigenvalue weighted by atomic mass is 10.2. The fraction of sp³-hybridized carbons (Fsp3) is 0.